The first-order valence-electron chi connectivity index (χ1n) is 7.40. The Morgan fingerprint density at radius 1 is 1.12 bits per heavy atom. The molecule has 0 atom stereocenters. The predicted octanol–water partition coefficient (Wildman–Crippen LogP) is 2.45. The van der Waals surface area contributed by atoms with Crippen molar-refractivity contribution in [3.8, 4) is 11.4 Å². The summed E-state index contributed by atoms with van der Waals surface area (Å²) in [5, 5.41) is 12.1. The average molecular weight is 325 g/mol. The zero-order valence-corrected chi connectivity index (χ0v) is 13.3. The van der Waals surface area contributed by atoms with E-state index in [9.17, 15) is 9.18 Å². The zero-order valence-electron chi connectivity index (χ0n) is 13.3. The summed E-state index contributed by atoms with van der Waals surface area (Å²) >= 11 is 0. The Labute approximate surface area is 138 Å². The molecule has 0 saturated heterocycles. The van der Waals surface area contributed by atoms with Gasteiger partial charge in [-0.15, -0.1) is 10.2 Å². The molecule has 0 bridgehead atoms. The molecule has 7 heteroatoms. The fourth-order valence-electron chi connectivity index (χ4n) is 2.16. The molecule has 0 unspecified atom stereocenters. The molecule has 3 rings (SSSR count). The number of hydrogen-bond acceptors (Lipinski definition) is 4. The first kappa shape index (κ1) is 15.8. The summed E-state index contributed by atoms with van der Waals surface area (Å²) in [5.41, 5.74) is 2.58. The highest BCUT2D eigenvalue weighted by atomic mass is 19.1. The summed E-state index contributed by atoms with van der Waals surface area (Å²) in [6.45, 7) is 1.95. The molecule has 24 heavy (non-hydrogen) atoms. The van der Waals surface area contributed by atoms with E-state index < -0.39 is 0 Å². The Balaban J connectivity index is 1.71. The lowest BCUT2D eigenvalue weighted by atomic mass is 10.1. The van der Waals surface area contributed by atoms with Crippen LogP contribution in [-0.2, 0) is 11.3 Å². The number of benzene rings is 2. The number of rotatable bonds is 4. The third-order valence-electron chi connectivity index (χ3n) is 3.63. The maximum Gasteiger partial charge on any atom is 0.250 e. The van der Waals surface area contributed by atoms with Crippen LogP contribution in [0.2, 0.25) is 0 Å². The molecule has 2 aromatic carbocycles. The van der Waals surface area contributed by atoms with Crippen molar-refractivity contribution in [2.45, 2.75) is 13.5 Å². The highest BCUT2D eigenvalue weighted by Gasteiger charge is 2.14. The second-order valence-corrected chi connectivity index (χ2v) is 5.44. The normalized spacial score (nSPS) is 10.6. The van der Waals surface area contributed by atoms with E-state index in [0.717, 1.165) is 11.1 Å². The minimum absolute atomic E-state index is 0.0489. The summed E-state index contributed by atoms with van der Waals surface area (Å²) < 4.78 is 13.0. The van der Waals surface area contributed by atoms with Crippen LogP contribution in [0, 0.1) is 12.7 Å². The Hall–Kier alpha value is -3.09. The molecule has 122 valence electrons. The molecule has 0 radical (unpaired) electrons. The van der Waals surface area contributed by atoms with E-state index >= 15 is 0 Å². The van der Waals surface area contributed by atoms with Crippen molar-refractivity contribution in [2.24, 2.45) is 0 Å². The van der Waals surface area contributed by atoms with Gasteiger partial charge in [0.05, 0.1) is 0 Å². The van der Waals surface area contributed by atoms with Gasteiger partial charge in [-0.05, 0) is 36.4 Å². The first-order chi connectivity index (χ1) is 11.5. The predicted molar refractivity (Wildman–Crippen MR) is 87.8 cm³/mol. The molecule has 3 aromatic rings. The highest BCUT2D eigenvalue weighted by molar-refractivity contribution is 5.92. The number of tetrazole rings is 1. The van der Waals surface area contributed by atoms with Gasteiger partial charge in [-0.25, -0.2) is 4.39 Å². The van der Waals surface area contributed by atoms with Gasteiger partial charge in [-0.2, -0.15) is 4.80 Å². The Morgan fingerprint density at radius 3 is 2.46 bits per heavy atom. The van der Waals surface area contributed by atoms with E-state index in [2.05, 4.69) is 15.4 Å². The topological polar surface area (TPSA) is 63.9 Å². The van der Waals surface area contributed by atoms with E-state index in [1.54, 1.807) is 19.2 Å². The number of anilines is 1. The number of carbonyl (C=O) groups excluding carboxylic acids is 1. The van der Waals surface area contributed by atoms with Gasteiger partial charge >= 0.3 is 0 Å². The van der Waals surface area contributed by atoms with Crippen molar-refractivity contribution < 1.29 is 9.18 Å². The number of amides is 1. The fourth-order valence-corrected chi connectivity index (χ4v) is 2.16. The molecule has 1 amide bonds. The Bertz CT molecular complexity index is 842. The number of hydrogen-bond donors (Lipinski definition) is 0. The Kier molecular flexibility index (Phi) is 4.33. The smallest absolute Gasteiger partial charge is 0.250 e. The molecule has 0 fully saturated rings. The second kappa shape index (κ2) is 6.57. The molecular weight excluding hydrogens is 309 g/mol. The highest BCUT2D eigenvalue weighted by Crippen LogP contribution is 2.15. The van der Waals surface area contributed by atoms with Crippen molar-refractivity contribution in [1.29, 1.82) is 0 Å². The molecule has 0 aliphatic rings. The van der Waals surface area contributed by atoms with Crippen LogP contribution >= 0.6 is 0 Å². The van der Waals surface area contributed by atoms with E-state index in [4.69, 9.17) is 0 Å². The number of halogens is 1. The van der Waals surface area contributed by atoms with Gasteiger partial charge in [0.15, 0.2) is 0 Å². The maximum absolute atomic E-state index is 13.0. The van der Waals surface area contributed by atoms with Gasteiger partial charge in [0.1, 0.15) is 12.4 Å². The summed E-state index contributed by atoms with van der Waals surface area (Å²) in [7, 11) is 1.62. The van der Waals surface area contributed by atoms with Gasteiger partial charge in [0.2, 0.25) is 11.7 Å². The van der Waals surface area contributed by atoms with Gasteiger partial charge in [0, 0.05) is 18.3 Å². The number of nitrogens with zero attached hydrogens (tertiary/aromatic N) is 5. The lowest BCUT2D eigenvalue weighted by molar-refractivity contribution is -0.119. The largest absolute Gasteiger partial charge is 0.314 e. The minimum Gasteiger partial charge on any atom is -0.314 e. The van der Waals surface area contributed by atoms with Crippen LogP contribution in [0.15, 0.2) is 48.5 Å². The quantitative estimate of drug-likeness (QED) is 0.739. The summed E-state index contributed by atoms with van der Waals surface area (Å²) in [5.74, 6) is -0.109. The van der Waals surface area contributed by atoms with Gasteiger partial charge in [-0.3, -0.25) is 4.79 Å². The summed E-state index contributed by atoms with van der Waals surface area (Å²) in [4.78, 5) is 15.0. The summed E-state index contributed by atoms with van der Waals surface area (Å²) in [6, 6.07) is 13.4. The third kappa shape index (κ3) is 3.45. The standard InChI is InChI=1S/C17H16FN5O/c1-12-3-5-13(6-4-12)17-19-21-23(20-17)11-16(24)22(2)15-9-7-14(18)8-10-15/h3-10H,11H2,1-2H3. The van der Waals surface area contributed by atoms with E-state index in [1.165, 1.54) is 21.8 Å². The van der Waals surface area contributed by atoms with Crippen molar-refractivity contribution in [3.63, 3.8) is 0 Å². The number of carbonyl (C=O) groups is 1. The van der Waals surface area contributed by atoms with Crippen molar-refractivity contribution >= 4 is 11.6 Å². The molecule has 0 spiro atoms. The van der Waals surface area contributed by atoms with Crippen LogP contribution in [0.4, 0.5) is 10.1 Å². The zero-order chi connectivity index (χ0) is 17.1. The number of aryl methyl sites for hydroxylation is 1. The average Bonchev–Trinajstić information content (AvgIpc) is 3.04. The van der Waals surface area contributed by atoms with Crippen molar-refractivity contribution in [1.82, 2.24) is 20.2 Å². The number of aromatic nitrogens is 4. The van der Waals surface area contributed by atoms with Crippen LogP contribution < -0.4 is 4.90 Å². The molecule has 0 aliphatic carbocycles. The van der Waals surface area contributed by atoms with Gasteiger partial charge in [0.25, 0.3) is 0 Å². The monoisotopic (exact) mass is 325 g/mol. The van der Waals surface area contributed by atoms with Crippen molar-refractivity contribution in [3.05, 3.63) is 59.9 Å². The summed E-state index contributed by atoms with van der Waals surface area (Å²) in [6.07, 6.45) is 0. The van der Waals surface area contributed by atoms with E-state index in [0.29, 0.717) is 11.5 Å². The molecule has 1 heterocycles. The number of likely N-dealkylation sites (N-methyl/N-ethyl adjacent to an activating group) is 1. The van der Waals surface area contributed by atoms with Gasteiger partial charge in [-0.1, -0.05) is 29.8 Å². The third-order valence-corrected chi connectivity index (χ3v) is 3.63. The lowest BCUT2D eigenvalue weighted by Crippen LogP contribution is -2.30. The van der Waals surface area contributed by atoms with Crippen molar-refractivity contribution in [2.75, 3.05) is 11.9 Å². The molecular formula is C17H16FN5O. The minimum atomic E-state index is -0.347. The van der Waals surface area contributed by atoms with E-state index in [1.807, 2.05) is 31.2 Å². The fraction of sp³-hybridized carbons (Fsp3) is 0.176. The maximum atomic E-state index is 13.0. The molecule has 0 N–H and O–H groups in total. The van der Waals surface area contributed by atoms with Crippen LogP contribution in [-0.4, -0.2) is 33.2 Å². The molecule has 6 nitrogen and oxygen atoms in total. The molecule has 0 saturated carbocycles. The Morgan fingerprint density at radius 2 is 1.79 bits per heavy atom. The van der Waals surface area contributed by atoms with Crippen LogP contribution in [0.5, 0.6) is 0 Å². The van der Waals surface area contributed by atoms with Crippen LogP contribution in [0.3, 0.4) is 0 Å². The molecule has 1 aromatic heterocycles. The first-order valence-corrected chi connectivity index (χ1v) is 7.40. The van der Waals surface area contributed by atoms with Crippen LogP contribution in [0.25, 0.3) is 11.4 Å². The van der Waals surface area contributed by atoms with Crippen LogP contribution in [0.1, 0.15) is 5.56 Å². The van der Waals surface area contributed by atoms with E-state index in [-0.39, 0.29) is 18.3 Å². The second-order valence-electron chi connectivity index (χ2n) is 5.44. The SMILES string of the molecule is Cc1ccc(-c2nnn(CC(=O)N(C)c3ccc(F)cc3)n2)cc1. The molecule has 0 aliphatic heterocycles. The lowest BCUT2D eigenvalue weighted by Gasteiger charge is -2.16. The van der Waals surface area contributed by atoms with Gasteiger partial charge < -0.3 is 4.90 Å².